The molecule has 1 saturated heterocycles. The zero-order chi connectivity index (χ0) is 15.2. The Balaban J connectivity index is 1.86. The molecule has 0 spiro atoms. The monoisotopic (exact) mass is 401 g/mol. The quantitative estimate of drug-likeness (QED) is 0.772. The third-order valence-electron chi connectivity index (χ3n) is 3.47. The van der Waals surface area contributed by atoms with E-state index in [-0.39, 0.29) is 11.8 Å². The van der Waals surface area contributed by atoms with Crippen molar-refractivity contribution in [3.8, 4) is 0 Å². The van der Waals surface area contributed by atoms with Crippen LogP contribution in [0.25, 0.3) is 0 Å². The number of carbonyl (C=O) groups is 2. The Hall–Kier alpha value is -1.15. The molecule has 1 aliphatic rings. The van der Waals surface area contributed by atoms with Crippen LogP contribution in [-0.2, 0) is 4.79 Å². The van der Waals surface area contributed by atoms with Gasteiger partial charge in [0.1, 0.15) is 0 Å². The summed E-state index contributed by atoms with van der Waals surface area (Å²) >= 11 is 2.21. The van der Waals surface area contributed by atoms with Crippen LogP contribution in [-0.4, -0.2) is 60.9 Å². The van der Waals surface area contributed by atoms with Crippen LogP contribution >= 0.6 is 22.6 Å². The highest BCUT2D eigenvalue weighted by Crippen LogP contribution is 2.12. The summed E-state index contributed by atoms with van der Waals surface area (Å²) in [7, 11) is 0. The lowest BCUT2D eigenvalue weighted by Gasteiger charge is -2.34. The molecule has 6 heteroatoms. The van der Waals surface area contributed by atoms with Gasteiger partial charge in [0, 0.05) is 41.9 Å². The van der Waals surface area contributed by atoms with E-state index in [2.05, 4.69) is 32.8 Å². The highest BCUT2D eigenvalue weighted by molar-refractivity contribution is 14.1. The zero-order valence-electron chi connectivity index (χ0n) is 12.1. The SMILES string of the molecule is CCNC(=O)CN1CCN(C(=O)c2cccc(I)c2)CC1. The first-order valence-corrected chi connectivity index (χ1v) is 8.22. The van der Waals surface area contributed by atoms with Gasteiger partial charge in [0.25, 0.3) is 5.91 Å². The Kier molecular flexibility index (Phi) is 5.98. The number of halogens is 1. The minimum atomic E-state index is 0.0508. The van der Waals surface area contributed by atoms with Crippen LogP contribution < -0.4 is 5.32 Å². The van der Waals surface area contributed by atoms with Gasteiger partial charge < -0.3 is 10.2 Å². The molecule has 0 aromatic heterocycles. The number of hydrogen-bond donors (Lipinski definition) is 1. The van der Waals surface area contributed by atoms with Gasteiger partial charge in [-0.05, 0) is 47.7 Å². The number of benzene rings is 1. The van der Waals surface area contributed by atoms with Crippen molar-refractivity contribution in [3.05, 3.63) is 33.4 Å². The second-order valence-electron chi connectivity index (χ2n) is 5.03. The lowest BCUT2D eigenvalue weighted by atomic mass is 10.2. The molecule has 1 aromatic rings. The van der Waals surface area contributed by atoms with E-state index in [9.17, 15) is 9.59 Å². The molecule has 2 amide bonds. The van der Waals surface area contributed by atoms with Crippen molar-refractivity contribution >= 4 is 34.4 Å². The summed E-state index contributed by atoms with van der Waals surface area (Å²) in [5.41, 5.74) is 0.735. The standard InChI is InChI=1S/C15H20IN3O2/c1-2-17-14(20)11-18-6-8-19(9-7-18)15(21)12-4-3-5-13(16)10-12/h3-5,10H,2,6-9,11H2,1H3,(H,17,20). The second kappa shape index (κ2) is 7.74. The largest absolute Gasteiger partial charge is 0.355 e. The van der Waals surface area contributed by atoms with Crippen LogP contribution in [0.15, 0.2) is 24.3 Å². The van der Waals surface area contributed by atoms with Gasteiger partial charge in [-0.3, -0.25) is 14.5 Å². The lowest BCUT2D eigenvalue weighted by molar-refractivity contribution is -0.122. The first-order valence-electron chi connectivity index (χ1n) is 7.14. The van der Waals surface area contributed by atoms with E-state index >= 15 is 0 Å². The molecule has 0 atom stereocenters. The van der Waals surface area contributed by atoms with Crippen LogP contribution in [0.3, 0.4) is 0 Å². The maximum absolute atomic E-state index is 12.4. The minimum Gasteiger partial charge on any atom is -0.355 e. The molecule has 5 nitrogen and oxygen atoms in total. The van der Waals surface area contributed by atoms with Gasteiger partial charge in [-0.2, -0.15) is 0 Å². The maximum atomic E-state index is 12.4. The smallest absolute Gasteiger partial charge is 0.253 e. The van der Waals surface area contributed by atoms with E-state index in [0.717, 1.165) is 22.2 Å². The van der Waals surface area contributed by atoms with Gasteiger partial charge in [0.05, 0.1) is 6.54 Å². The van der Waals surface area contributed by atoms with Gasteiger partial charge >= 0.3 is 0 Å². The van der Waals surface area contributed by atoms with Crippen molar-refractivity contribution in [2.75, 3.05) is 39.3 Å². The van der Waals surface area contributed by atoms with Crippen LogP contribution in [0.2, 0.25) is 0 Å². The van der Waals surface area contributed by atoms with Crippen LogP contribution in [0.5, 0.6) is 0 Å². The molecule has 1 heterocycles. The van der Waals surface area contributed by atoms with Crippen LogP contribution in [0.4, 0.5) is 0 Å². The maximum Gasteiger partial charge on any atom is 0.253 e. The molecule has 114 valence electrons. The van der Waals surface area contributed by atoms with Gasteiger partial charge in [0.2, 0.25) is 5.91 Å². The summed E-state index contributed by atoms with van der Waals surface area (Å²) in [6.45, 7) is 5.81. The number of hydrogen-bond acceptors (Lipinski definition) is 3. The van der Waals surface area contributed by atoms with Crippen molar-refractivity contribution < 1.29 is 9.59 Å². The molecule has 0 radical (unpaired) electrons. The van der Waals surface area contributed by atoms with Gasteiger partial charge in [-0.25, -0.2) is 0 Å². The van der Waals surface area contributed by atoms with Gasteiger partial charge in [0.15, 0.2) is 0 Å². The predicted octanol–water partition coefficient (Wildman–Crippen LogP) is 1.19. The second-order valence-corrected chi connectivity index (χ2v) is 6.28. The Morgan fingerprint density at radius 1 is 1.24 bits per heavy atom. The first-order chi connectivity index (χ1) is 10.1. The van der Waals surface area contributed by atoms with Gasteiger partial charge in [-0.1, -0.05) is 6.07 Å². The summed E-state index contributed by atoms with van der Waals surface area (Å²) in [6, 6.07) is 7.64. The molecular weight excluding hydrogens is 381 g/mol. The van der Waals surface area contributed by atoms with Crippen molar-refractivity contribution in [1.29, 1.82) is 0 Å². The lowest BCUT2D eigenvalue weighted by Crippen LogP contribution is -2.51. The normalized spacial score (nSPS) is 15.8. The fourth-order valence-electron chi connectivity index (χ4n) is 2.37. The predicted molar refractivity (Wildman–Crippen MR) is 90.2 cm³/mol. The first kappa shape index (κ1) is 16.2. The van der Waals surface area contributed by atoms with E-state index in [4.69, 9.17) is 0 Å². The number of amides is 2. The molecule has 1 N–H and O–H groups in total. The summed E-state index contributed by atoms with van der Waals surface area (Å²) < 4.78 is 1.06. The summed E-state index contributed by atoms with van der Waals surface area (Å²) in [4.78, 5) is 27.9. The number of rotatable bonds is 4. The fraction of sp³-hybridized carbons (Fsp3) is 0.467. The summed E-state index contributed by atoms with van der Waals surface area (Å²) in [5, 5.41) is 2.80. The van der Waals surface area contributed by atoms with E-state index in [1.807, 2.05) is 36.1 Å². The number of nitrogens with zero attached hydrogens (tertiary/aromatic N) is 2. The van der Waals surface area contributed by atoms with E-state index < -0.39 is 0 Å². The van der Waals surface area contributed by atoms with E-state index in [0.29, 0.717) is 26.2 Å². The number of piperazine rings is 1. The third kappa shape index (κ3) is 4.67. The number of likely N-dealkylation sites (N-methyl/N-ethyl adjacent to an activating group) is 1. The fourth-order valence-corrected chi connectivity index (χ4v) is 2.91. The van der Waals surface area contributed by atoms with Crippen LogP contribution in [0.1, 0.15) is 17.3 Å². The topological polar surface area (TPSA) is 52.7 Å². The molecule has 0 unspecified atom stereocenters. The Morgan fingerprint density at radius 3 is 2.57 bits per heavy atom. The van der Waals surface area contributed by atoms with E-state index in [1.54, 1.807) is 0 Å². The number of carbonyl (C=O) groups excluding carboxylic acids is 2. The Bertz CT molecular complexity index is 513. The van der Waals surface area contributed by atoms with Crippen LogP contribution in [0, 0.1) is 3.57 Å². The minimum absolute atomic E-state index is 0.0508. The molecule has 0 bridgehead atoms. The summed E-state index contributed by atoms with van der Waals surface area (Å²) in [5.74, 6) is 0.126. The summed E-state index contributed by atoms with van der Waals surface area (Å²) in [6.07, 6.45) is 0. The average molecular weight is 401 g/mol. The highest BCUT2D eigenvalue weighted by atomic mass is 127. The number of nitrogens with one attached hydrogen (secondary N) is 1. The van der Waals surface area contributed by atoms with Crippen molar-refractivity contribution in [2.45, 2.75) is 6.92 Å². The average Bonchev–Trinajstić information content (AvgIpc) is 2.47. The molecule has 0 aliphatic carbocycles. The highest BCUT2D eigenvalue weighted by Gasteiger charge is 2.23. The Morgan fingerprint density at radius 2 is 1.95 bits per heavy atom. The molecule has 1 aromatic carbocycles. The van der Waals surface area contributed by atoms with Crippen molar-refractivity contribution in [1.82, 2.24) is 15.1 Å². The van der Waals surface area contributed by atoms with Crippen molar-refractivity contribution in [2.24, 2.45) is 0 Å². The zero-order valence-corrected chi connectivity index (χ0v) is 14.3. The molecule has 2 rings (SSSR count). The Labute approximate surface area is 138 Å². The molecule has 0 saturated carbocycles. The molecular formula is C15H20IN3O2. The molecule has 21 heavy (non-hydrogen) atoms. The van der Waals surface area contributed by atoms with E-state index in [1.165, 1.54) is 0 Å². The van der Waals surface area contributed by atoms with Gasteiger partial charge in [-0.15, -0.1) is 0 Å². The third-order valence-corrected chi connectivity index (χ3v) is 4.14. The van der Waals surface area contributed by atoms with Crippen molar-refractivity contribution in [3.63, 3.8) is 0 Å². The molecule has 1 fully saturated rings. The molecule has 1 aliphatic heterocycles.